The molecule has 2 aromatic rings. The average molecular weight is 373 g/mol. The van der Waals surface area contributed by atoms with Gasteiger partial charge in [-0.25, -0.2) is 4.39 Å². The van der Waals surface area contributed by atoms with E-state index in [9.17, 15) is 14.0 Å². The zero-order valence-electron chi connectivity index (χ0n) is 15.7. The second kappa shape index (κ2) is 8.24. The minimum Gasteiger partial charge on any atom is -0.491 e. The summed E-state index contributed by atoms with van der Waals surface area (Å²) < 4.78 is 21.1. The summed E-state index contributed by atoms with van der Waals surface area (Å²) in [7, 11) is 1.87. The van der Waals surface area contributed by atoms with E-state index >= 15 is 0 Å². The van der Waals surface area contributed by atoms with Crippen LogP contribution in [0.1, 0.15) is 34.1 Å². The number of carbonyl (C=O) groups excluding carboxylic acids is 2. The SMILES string of the molecule is CCOc1ccc(C(=O)N2CCCN(C(=O)c3ccn(C)c3)CC2)cc1F. The molecule has 1 aromatic carbocycles. The second-order valence-corrected chi connectivity index (χ2v) is 6.58. The Labute approximate surface area is 158 Å². The third-order valence-electron chi connectivity index (χ3n) is 4.63. The minimum atomic E-state index is -0.543. The Bertz CT molecular complexity index is 834. The zero-order chi connectivity index (χ0) is 19.4. The molecule has 1 aliphatic heterocycles. The van der Waals surface area contributed by atoms with Gasteiger partial charge >= 0.3 is 0 Å². The molecular formula is C20H24FN3O3. The summed E-state index contributed by atoms with van der Waals surface area (Å²) >= 11 is 0. The lowest BCUT2D eigenvalue weighted by Gasteiger charge is -2.22. The van der Waals surface area contributed by atoms with Crippen molar-refractivity contribution >= 4 is 11.8 Å². The van der Waals surface area contributed by atoms with Gasteiger partial charge in [0.15, 0.2) is 11.6 Å². The topological polar surface area (TPSA) is 54.8 Å². The molecule has 2 heterocycles. The lowest BCUT2D eigenvalue weighted by molar-refractivity contribution is 0.0718. The lowest BCUT2D eigenvalue weighted by Crippen LogP contribution is -2.37. The standard InChI is InChI=1S/C20H24FN3O3/c1-3-27-18-6-5-15(13-17(18)21)19(25)23-8-4-9-24(12-11-23)20(26)16-7-10-22(2)14-16/h5-7,10,13-14H,3-4,8-9,11-12H2,1-2H3. The Hall–Kier alpha value is -2.83. The maximum absolute atomic E-state index is 14.1. The molecule has 0 N–H and O–H groups in total. The molecule has 1 fully saturated rings. The van der Waals surface area contributed by atoms with Crippen LogP contribution in [-0.2, 0) is 7.05 Å². The van der Waals surface area contributed by atoms with Crippen molar-refractivity contribution in [3.8, 4) is 5.75 Å². The second-order valence-electron chi connectivity index (χ2n) is 6.58. The van der Waals surface area contributed by atoms with Gasteiger partial charge in [-0.2, -0.15) is 0 Å². The number of hydrogen-bond acceptors (Lipinski definition) is 3. The molecule has 27 heavy (non-hydrogen) atoms. The first-order chi connectivity index (χ1) is 13.0. The maximum atomic E-state index is 14.1. The first kappa shape index (κ1) is 18.9. The van der Waals surface area contributed by atoms with Gasteiger partial charge in [0.25, 0.3) is 11.8 Å². The average Bonchev–Trinajstić information content (AvgIpc) is 2.94. The van der Waals surface area contributed by atoms with Gasteiger partial charge in [-0.1, -0.05) is 0 Å². The number of aryl methyl sites for hydroxylation is 1. The molecule has 0 aliphatic carbocycles. The number of aromatic nitrogens is 1. The van der Waals surface area contributed by atoms with Gasteiger partial charge in [0, 0.05) is 51.2 Å². The Kier molecular flexibility index (Phi) is 5.78. The summed E-state index contributed by atoms with van der Waals surface area (Å²) in [5.74, 6) is -0.661. The van der Waals surface area contributed by atoms with Gasteiger partial charge in [-0.15, -0.1) is 0 Å². The third kappa shape index (κ3) is 4.30. The molecule has 2 amide bonds. The molecule has 144 valence electrons. The van der Waals surface area contributed by atoms with Crippen molar-refractivity contribution in [3.05, 3.63) is 53.6 Å². The quantitative estimate of drug-likeness (QED) is 0.828. The van der Waals surface area contributed by atoms with Crippen LogP contribution in [0.15, 0.2) is 36.7 Å². The molecule has 1 aliphatic rings. The van der Waals surface area contributed by atoms with E-state index in [4.69, 9.17) is 4.74 Å². The maximum Gasteiger partial charge on any atom is 0.255 e. The van der Waals surface area contributed by atoms with Crippen molar-refractivity contribution in [3.63, 3.8) is 0 Å². The predicted molar refractivity (Wildman–Crippen MR) is 99.4 cm³/mol. The largest absolute Gasteiger partial charge is 0.491 e. The van der Waals surface area contributed by atoms with E-state index in [0.29, 0.717) is 50.3 Å². The van der Waals surface area contributed by atoms with Gasteiger partial charge in [-0.3, -0.25) is 9.59 Å². The highest BCUT2D eigenvalue weighted by Crippen LogP contribution is 2.20. The van der Waals surface area contributed by atoms with E-state index < -0.39 is 5.82 Å². The number of nitrogens with zero attached hydrogens (tertiary/aromatic N) is 3. The number of amides is 2. The zero-order valence-corrected chi connectivity index (χ0v) is 15.7. The van der Waals surface area contributed by atoms with Crippen LogP contribution in [0.2, 0.25) is 0 Å². The summed E-state index contributed by atoms with van der Waals surface area (Å²) in [5, 5.41) is 0. The summed E-state index contributed by atoms with van der Waals surface area (Å²) in [6, 6.07) is 6.06. The number of hydrogen-bond donors (Lipinski definition) is 0. The lowest BCUT2D eigenvalue weighted by atomic mass is 10.1. The van der Waals surface area contributed by atoms with Crippen LogP contribution in [0.3, 0.4) is 0 Å². The van der Waals surface area contributed by atoms with Crippen LogP contribution in [0.25, 0.3) is 0 Å². The molecule has 6 nitrogen and oxygen atoms in total. The van der Waals surface area contributed by atoms with Crippen LogP contribution in [0.5, 0.6) is 5.75 Å². The van der Waals surface area contributed by atoms with E-state index in [0.717, 1.165) is 0 Å². The number of halogens is 1. The summed E-state index contributed by atoms with van der Waals surface area (Å²) in [6.45, 7) is 4.15. The number of ether oxygens (including phenoxy) is 1. The Morgan fingerprint density at radius 2 is 1.70 bits per heavy atom. The van der Waals surface area contributed by atoms with E-state index in [2.05, 4.69) is 0 Å². The molecule has 0 radical (unpaired) electrons. The highest BCUT2D eigenvalue weighted by atomic mass is 19.1. The van der Waals surface area contributed by atoms with Crippen molar-refractivity contribution in [1.82, 2.24) is 14.4 Å². The summed E-state index contributed by atoms with van der Waals surface area (Å²) in [5.41, 5.74) is 0.935. The van der Waals surface area contributed by atoms with Gasteiger partial charge < -0.3 is 19.1 Å². The van der Waals surface area contributed by atoms with Crippen molar-refractivity contribution in [1.29, 1.82) is 0 Å². The molecule has 0 atom stereocenters. The molecule has 0 bridgehead atoms. The van der Waals surface area contributed by atoms with E-state index in [1.165, 1.54) is 12.1 Å². The fourth-order valence-corrected chi connectivity index (χ4v) is 3.23. The van der Waals surface area contributed by atoms with Gasteiger partial charge in [0.1, 0.15) is 0 Å². The van der Waals surface area contributed by atoms with Gasteiger partial charge in [-0.05, 0) is 37.6 Å². The van der Waals surface area contributed by atoms with Crippen LogP contribution in [0.4, 0.5) is 4.39 Å². The van der Waals surface area contributed by atoms with E-state index in [1.54, 1.807) is 35.1 Å². The van der Waals surface area contributed by atoms with Crippen LogP contribution in [-0.4, -0.2) is 59.0 Å². The number of carbonyl (C=O) groups is 2. The molecule has 1 saturated heterocycles. The fraction of sp³-hybridized carbons (Fsp3) is 0.400. The summed E-state index contributed by atoms with van der Waals surface area (Å²) in [4.78, 5) is 28.8. The van der Waals surface area contributed by atoms with Crippen molar-refractivity contribution in [2.75, 3.05) is 32.8 Å². The minimum absolute atomic E-state index is 0.0305. The monoisotopic (exact) mass is 373 g/mol. The Morgan fingerprint density at radius 3 is 2.26 bits per heavy atom. The predicted octanol–water partition coefficient (Wildman–Crippen LogP) is 2.55. The first-order valence-electron chi connectivity index (χ1n) is 9.12. The Morgan fingerprint density at radius 1 is 1.04 bits per heavy atom. The molecule has 1 aromatic heterocycles. The fourth-order valence-electron chi connectivity index (χ4n) is 3.23. The normalized spacial score (nSPS) is 14.8. The van der Waals surface area contributed by atoms with Crippen molar-refractivity contribution in [2.45, 2.75) is 13.3 Å². The number of rotatable bonds is 4. The molecule has 3 rings (SSSR count). The first-order valence-corrected chi connectivity index (χ1v) is 9.12. The highest BCUT2D eigenvalue weighted by molar-refractivity contribution is 5.95. The van der Waals surface area contributed by atoms with Gasteiger partial charge in [0.05, 0.1) is 12.2 Å². The van der Waals surface area contributed by atoms with Crippen LogP contribution >= 0.6 is 0 Å². The smallest absolute Gasteiger partial charge is 0.255 e. The summed E-state index contributed by atoms with van der Waals surface area (Å²) in [6.07, 6.45) is 4.31. The molecular weight excluding hydrogens is 349 g/mol. The molecule has 0 spiro atoms. The third-order valence-corrected chi connectivity index (χ3v) is 4.63. The van der Waals surface area contributed by atoms with Crippen LogP contribution in [0, 0.1) is 5.82 Å². The van der Waals surface area contributed by atoms with Gasteiger partial charge in [0.2, 0.25) is 0 Å². The van der Waals surface area contributed by atoms with Crippen molar-refractivity contribution < 1.29 is 18.7 Å². The number of benzene rings is 1. The van der Waals surface area contributed by atoms with E-state index in [1.807, 2.05) is 17.8 Å². The van der Waals surface area contributed by atoms with Crippen LogP contribution < -0.4 is 4.74 Å². The molecule has 0 saturated carbocycles. The Balaban J connectivity index is 1.66. The van der Waals surface area contributed by atoms with Crippen molar-refractivity contribution in [2.24, 2.45) is 7.05 Å². The molecule has 0 unspecified atom stereocenters. The van der Waals surface area contributed by atoms with E-state index in [-0.39, 0.29) is 17.6 Å². The molecule has 7 heteroatoms. The highest BCUT2D eigenvalue weighted by Gasteiger charge is 2.24.